The van der Waals surface area contributed by atoms with Crippen molar-refractivity contribution in [2.75, 3.05) is 132 Å². The second kappa shape index (κ2) is 49.9. The summed E-state index contributed by atoms with van der Waals surface area (Å²) in [7, 11) is 0. The minimum absolute atomic E-state index is 0.00307. The van der Waals surface area contributed by atoms with Crippen LogP contribution in [0.3, 0.4) is 0 Å². The standard InChI is InChI=1S/C45H84N4O16/c50-40(48-22-30-62-34-38-64-36-32-60-24-12-9-16-44(54)55)14-7-3-1-5-10-20-46-42(52)17-27-58-25-13-26-59-28-18-43(53)47-21-11-6-2-4-8-15-41(51)49-23-31-63-35-39-65-37-33-61-29-19-45(56)57/h1-39H2,(H,46,52)(H,47,53)(H,48,50)(H,49,51)(H,54,55)(H,56,57). The van der Waals surface area contributed by atoms with E-state index in [0.717, 1.165) is 64.2 Å². The molecule has 0 heterocycles. The monoisotopic (exact) mass is 937 g/mol. The van der Waals surface area contributed by atoms with Gasteiger partial charge in [0.15, 0.2) is 0 Å². The average Bonchev–Trinajstić information content (AvgIpc) is 3.27. The molecule has 0 aromatic heterocycles. The number of ether oxygens (including phenoxy) is 8. The van der Waals surface area contributed by atoms with Crippen LogP contribution in [-0.4, -0.2) is 178 Å². The lowest BCUT2D eigenvalue weighted by molar-refractivity contribution is -0.139. The fraction of sp³-hybridized carbons (Fsp3) is 0.867. The molecule has 0 aliphatic carbocycles. The van der Waals surface area contributed by atoms with Gasteiger partial charge in [0.2, 0.25) is 23.6 Å². The number of rotatable bonds is 52. The van der Waals surface area contributed by atoms with E-state index in [9.17, 15) is 28.8 Å². The van der Waals surface area contributed by atoms with Crippen molar-refractivity contribution < 1.29 is 76.9 Å². The molecule has 0 bridgehead atoms. The zero-order chi connectivity index (χ0) is 47.5. The van der Waals surface area contributed by atoms with Crippen LogP contribution in [0.5, 0.6) is 0 Å². The molecular weight excluding hydrogens is 853 g/mol. The lowest BCUT2D eigenvalue weighted by Gasteiger charge is -2.08. The van der Waals surface area contributed by atoms with Crippen molar-refractivity contribution in [2.24, 2.45) is 0 Å². The molecule has 0 unspecified atom stereocenters. The third-order valence-corrected chi connectivity index (χ3v) is 9.34. The Balaban J connectivity index is 3.34. The highest BCUT2D eigenvalue weighted by Gasteiger charge is 2.06. The van der Waals surface area contributed by atoms with Gasteiger partial charge in [-0.05, 0) is 44.9 Å². The minimum Gasteiger partial charge on any atom is -0.481 e. The molecule has 0 aromatic carbocycles. The van der Waals surface area contributed by atoms with Gasteiger partial charge < -0.3 is 69.4 Å². The minimum atomic E-state index is -0.893. The van der Waals surface area contributed by atoms with Crippen molar-refractivity contribution >= 4 is 35.6 Å². The van der Waals surface area contributed by atoms with E-state index in [1.165, 1.54) is 0 Å². The summed E-state index contributed by atoms with van der Waals surface area (Å²) in [6, 6.07) is 0. The first-order chi connectivity index (χ1) is 31.7. The summed E-state index contributed by atoms with van der Waals surface area (Å²) in [6.07, 6.45) is 13.0. The fourth-order valence-electron chi connectivity index (χ4n) is 5.74. The highest BCUT2D eigenvalue weighted by molar-refractivity contribution is 5.77. The van der Waals surface area contributed by atoms with Crippen LogP contribution in [-0.2, 0) is 66.7 Å². The van der Waals surface area contributed by atoms with Crippen LogP contribution in [0, 0.1) is 0 Å². The predicted octanol–water partition coefficient (Wildman–Crippen LogP) is 3.17. The molecule has 0 aliphatic rings. The summed E-state index contributed by atoms with van der Waals surface area (Å²) in [5.74, 6) is -1.74. The highest BCUT2D eigenvalue weighted by Crippen LogP contribution is 2.06. The number of carbonyl (C=O) groups is 6. The Labute approximate surface area is 386 Å². The second-order valence-corrected chi connectivity index (χ2v) is 15.2. The molecule has 0 saturated carbocycles. The molecule has 0 radical (unpaired) electrons. The summed E-state index contributed by atoms with van der Waals surface area (Å²) in [4.78, 5) is 68.9. The van der Waals surface area contributed by atoms with Crippen molar-refractivity contribution in [3.05, 3.63) is 0 Å². The number of carboxylic acid groups (broad SMARTS) is 2. The quantitative estimate of drug-likeness (QED) is 0.0479. The summed E-state index contributed by atoms with van der Waals surface area (Å²) in [5.41, 5.74) is 0. The lowest BCUT2D eigenvalue weighted by atomic mass is 10.1. The number of hydrogen-bond acceptors (Lipinski definition) is 14. The van der Waals surface area contributed by atoms with E-state index in [0.29, 0.717) is 170 Å². The smallest absolute Gasteiger partial charge is 0.305 e. The maximum Gasteiger partial charge on any atom is 0.305 e. The van der Waals surface area contributed by atoms with Crippen LogP contribution >= 0.6 is 0 Å². The van der Waals surface area contributed by atoms with Gasteiger partial charge in [-0.25, -0.2) is 0 Å². The molecule has 0 fully saturated rings. The molecular formula is C45H84N4O16. The number of unbranched alkanes of at least 4 members (excludes halogenated alkanes) is 9. The summed E-state index contributed by atoms with van der Waals surface area (Å²) in [6.45, 7) is 8.59. The van der Waals surface area contributed by atoms with E-state index in [1.54, 1.807) is 0 Å². The van der Waals surface area contributed by atoms with Gasteiger partial charge in [-0.15, -0.1) is 0 Å². The third-order valence-electron chi connectivity index (χ3n) is 9.34. The van der Waals surface area contributed by atoms with E-state index in [1.807, 2.05) is 0 Å². The molecule has 0 rings (SSSR count). The van der Waals surface area contributed by atoms with E-state index in [2.05, 4.69) is 21.3 Å². The number of amides is 4. The van der Waals surface area contributed by atoms with Crippen molar-refractivity contribution in [3.63, 3.8) is 0 Å². The van der Waals surface area contributed by atoms with E-state index in [-0.39, 0.29) is 43.1 Å². The number of hydrogen-bond donors (Lipinski definition) is 6. The SMILES string of the molecule is O=C(O)CCCCOCCOCCOCCNC(=O)CCCCCCCNC(=O)CCOCCCOCCC(=O)NCCCCCCCC(=O)NCCOCCOCCOCCC(=O)O. The summed E-state index contributed by atoms with van der Waals surface area (Å²) >= 11 is 0. The topological polar surface area (TPSA) is 265 Å². The average molecular weight is 937 g/mol. The van der Waals surface area contributed by atoms with Crippen molar-refractivity contribution in [2.45, 2.75) is 122 Å². The molecule has 20 nitrogen and oxygen atoms in total. The Bertz CT molecular complexity index is 1170. The fourth-order valence-corrected chi connectivity index (χ4v) is 5.74. The molecule has 0 aliphatic heterocycles. The normalized spacial score (nSPS) is 11.1. The summed E-state index contributed by atoms with van der Waals surface area (Å²) < 4.78 is 43.2. The Morgan fingerprint density at radius 3 is 0.985 bits per heavy atom. The van der Waals surface area contributed by atoms with Crippen molar-refractivity contribution in [3.8, 4) is 0 Å². The number of carboxylic acids is 2. The van der Waals surface area contributed by atoms with E-state index >= 15 is 0 Å². The Kier molecular flexibility index (Phi) is 47.2. The largest absolute Gasteiger partial charge is 0.481 e. The number of aliphatic carboxylic acids is 2. The second-order valence-electron chi connectivity index (χ2n) is 15.2. The Morgan fingerprint density at radius 2 is 0.538 bits per heavy atom. The van der Waals surface area contributed by atoms with Gasteiger partial charge in [0.05, 0.1) is 92.3 Å². The predicted molar refractivity (Wildman–Crippen MR) is 242 cm³/mol. The van der Waals surface area contributed by atoms with Crippen LogP contribution in [0.4, 0.5) is 0 Å². The first-order valence-electron chi connectivity index (χ1n) is 23.8. The van der Waals surface area contributed by atoms with Gasteiger partial charge in [0, 0.05) is 78.1 Å². The van der Waals surface area contributed by atoms with Crippen molar-refractivity contribution in [1.29, 1.82) is 0 Å². The molecule has 6 N–H and O–H groups in total. The molecule has 380 valence electrons. The van der Waals surface area contributed by atoms with Crippen LogP contribution in [0.2, 0.25) is 0 Å². The molecule has 20 heteroatoms. The van der Waals surface area contributed by atoms with Crippen LogP contribution < -0.4 is 21.3 Å². The zero-order valence-electron chi connectivity index (χ0n) is 39.2. The van der Waals surface area contributed by atoms with Gasteiger partial charge in [0.1, 0.15) is 0 Å². The van der Waals surface area contributed by atoms with Gasteiger partial charge in [0.25, 0.3) is 0 Å². The van der Waals surface area contributed by atoms with Gasteiger partial charge >= 0.3 is 11.9 Å². The molecule has 4 amide bonds. The van der Waals surface area contributed by atoms with Crippen LogP contribution in [0.1, 0.15) is 122 Å². The Hall–Kier alpha value is -3.50. The van der Waals surface area contributed by atoms with Crippen LogP contribution in [0.25, 0.3) is 0 Å². The van der Waals surface area contributed by atoms with Crippen LogP contribution in [0.15, 0.2) is 0 Å². The van der Waals surface area contributed by atoms with E-state index < -0.39 is 11.9 Å². The Morgan fingerprint density at radius 1 is 0.246 bits per heavy atom. The van der Waals surface area contributed by atoms with Crippen molar-refractivity contribution in [1.82, 2.24) is 21.3 Å². The molecule has 65 heavy (non-hydrogen) atoms. The number of carbonyl (C=O) groups excluding carboxylic acids is 4. The molecule has 0 atom stereocenters. The maximum absolute atomic E-state index is 12.1. The molecule has 0 saturated heterocycles. The van der Waals surface area contributed by atoms with Gasteiger partial charge in [-0.3, -0.25) is 28.8 Å². The number of nitrogens with one attached hydrogen (secondary N) is 4. The third kappa shape index (κ3) is 53.0. The first-order valence-corrected chi connectivity index (χ1v) is 23.8. The lowest BCUT2D eigenvalue weighted by Crippen LogP contribution is -2.27. The molecule has 0 spiro atoms. The van der Waals surface area contributed by atoms with E-state index in [4.69, 9.17) is 48.1 Å². The highest BCUT2D eigenvalue weighted by atomic mass is 16.5. The van der Waals surface area contributed by atoms with Gasteiger partial charge in [-0.1, -0.05) is 38.5 Å². The van der Waals surface area contributed by atoms with Gasteiger partial charge in [-0.2, -0.15) is 0 Å². The molecule has 0 aromatic rings. The first kappa shape index (κ1) is 61.5. The summed E-state index contributed by atoms with van der Waals surface area (Å²) in [5, 5.41) is 28.6. The maximum atomic E-state index is 12.1. The zero-order valence-corrected chi connectivity index (χ0v) is 39.2.